The summed E-state index contributed by atoms with van der Waals surface area (Å²) in [6.45, 7) is 1.93. The van der Waals surface area contributed by atoms with Gasteiger partial charge in [-0.05, 0) is 61.0 Å². The fourth-order valence-corrected chi connectivity index (χ4v) is 3.34. The SMILES string of the molecule is COC(=O)c1cc(Oc2ccc(S(C)(=O)=O)cc2)cc(-c2ncccc2C)c1. The molecule has 7 heteroatoms. The number of rotatable bonds is 5. The van der Waals surface area contributed by atoms with E-state index in [1.54, 1.807) is 36.5 Å². The van der Waals surface area contributed by atoms with E-state index in [0.29, 0.717) is 22.6 Å². The van der Waals surface area contributed by atoms with Crippen LogP contribution in [0, 0.1) is 6.92 Å². The Bertz CT molecular complexity index is 1120. The van der Waals surface area contributed by atoms with E-state index in [0.717, 1.165) is 17.5 Å². The molecule has 3 aromatic rings. The molecule has 0 aliphatic carbocycles. The van der Waals surface area contributed by atoms with Gasteiger partial charge in [-0.15, -0.1) is 0 Å². The molecule has 28 heavy (non-hydrogen) atoms. The molecular weight excluding hydrogens is 378 g/mol. The topological polar surface area (TPSA) is 82.6 Å². The number of nitrogens with zero attached hydrogens (tertiary/aromatic N) is 1. The lowest BCUT2D eigenvalue weighted by Crippen LogP contribution is -2.02. The van der Waals surface area contributed by atoms with Crippen LogP contribution in [0.2, 0.25) is 0 Å². The van der Waals surface area contributed by atoms with Gasteiger partial charge in [-0.2, -0.15) is 0 Å². The van der Waals surface area contributed by atoms with Gasteiger partial charge < -0.3 is 9.47 Å². The molecule has 0 radical (unpaired) electrons. The predicted octanol–water partition coefficient (Wildman–Crippen LogP) is 4.04. The number of hydrogen-bond donors (Lipinski definition) is 0. The van der Waals surface area contributed by atoms with Crippen molar-refractivity contribution in [1.29, 1.82) is 0 Å². The van der Waals surface area contributed by atoms with Crippen molar-refractivity contribution in [1.82, 2.24) is 4.98 Å². The summed E-state index contributed by atoms with van der Waals surface area (Å²) in [6.07, 6.45) is 2.82. The zero-order valence-electron chi connectivity index (χ0n) is 15.7. The molecular formula is C21H19NO5S. The van der Waals surface area contributed by atoms with E-state index in [-0.39, 0.29) is 4.90 Å². The van der Waals surface area contributed by atoms with E-state index in [9.17, 15) is 13.2 Å². The van der Waals surface area contributed by atoms with Crippen LogP contribution >= 0.6 is 0 Å². The van der Waals surface area contributed by atoms with Gasteiger partial charge in [-0.25, -0.2) is 13.2 Å². The number of pyridine rings is 1. The molecule has 0 spiro atoms. The molecule has 0 fully saturated rings. The summed E-state index contributed by atoms with van der Waals surface area (Å²) in [5, 5.41) is 0. The quantitative estimate of drug-likeness (QED) is 0.604. The zero-order valence-corrected chi connectivity index (χ0v) is 16.5. The van der Waals surface area contributed by atoms with Gasteiger partial charge in [0.1, 0.15) is 11.5 Å². The van der Waals surface area contributed by atoms with Crippen LogP contribution in [0.25, 0.3) is 11.3 Å². The lowest BCUT2D eigenvalue weighted by Gasteiger charge is -2.12. The highest BCUT2D eigenvalue weighted by molar-refractivity contribution is 7.90. The number of aryl methyl sites for hydroxylation is 1. The number of methoxy groups -OCH3 is 1. The molecule has 0 aliphatic heterocycles. The number of carbonyl (C=O) groups is 1. The molecule has 0 N–H and O–H groups in total. The maximum atomic E-state index is 12.1. The zero-order chi connectivity index (χ0) is 20.3. The molecule has 0 unspecified atom stereocenters. The van der Waals surface area contributed by atoms with E-state index >= 15 is 0 Å². The lowest BCUT2D eigenvalue weighted by atomic mass is 10.0. The number of sulfone groups is 1. The molecule has 0 bridgehead atoms. The molecule has 144 valence electrons. The summed E-state index contributed by atoms with van der Waals surface area (Å²) < 4.78 is 33.9. The van der Waals surface area contributed by atoms with Crippen molar-refractivity contribution in [2.24, 2.45) is 0 Å². The van der Waals surface area contributed by atoms with Crippen molar-refractivity contribution in [3.8, 4) is 22.8 Å². The molecule has 2 aromatic carbocycles. The second-order valence-electron chi connectivity index (χ2n) is 6.25. The minimum absolute atomic E-state index is 0.202. The molecule has 1 aromatic heterocycles. The third kappa shape index (κ3) is 4.37. The van der Waals surface area contributed by atoms with Gasteiger partial charge in [-0.1, -0.05) is 6.07 Å². The van der Waals surface area contributed by atoms with Crippen molar-refractivity contribution in [2.75, 3.05) is 13.4 Å². The second kappa shape index (κ2) is 7.82. The lowest BCUT2D eigenvalue weighted by molar-refractivity contribution is 0.0600. The summed E-state index contributed by atoms with van der Waals surface area (Å²) in [5.74, 6) is 0.362. The highest BCUT2D eigenvalue weighted by Gasteiger charge is 2.14. The summed E-state index contributed by atoms with van der Waals surface area (Å²) in [7, 11) is -1.98. The molecule has 0 saturated heterocycles. The summed E-state index contributed by atoms with van der Waals surface area (Å²) in [4.78, 5) is 16.7. The van der Waals surface area contributed by atoms with Crippen LogP contribution in [0.15, 0.2) is 65.7 Å². The maximum Gasteiger partial charge on any atom is 0.338 e. The number of aromatic nitrogens is 1. The Hall–Kier alpha value is -3.19. The van der Waals surface area contributed by atoms with Crippen LogP contribution in [0.4, 0.5) is 0 Å². The standard InChI is InChI=1S/C21H19NO5S/c1-14-5-4-10-22-20(14)15-11-16(21(23)26-2)13-18(12-15)27-17-6-8-19(9-7-17)28(3,24)25/h4-13H,1-3H3. The van der Waals surface area contributed by atoms with Gasteiger partial charge >= 0.3 is 5.97 Å². The average Bonchev–Trinajstić information content (AvgIpc) is 2.67. The first-order chi connectivity index (χ1) is 13.3. The minimum Gasteiger partial charge on any atom is -0.465 e. The summed E-state index contributed by atoms with van der Waals surface area (Å²) in [6, 6.07) is 14.9. The summed E-state index contributed by atoms with van der Waals surface area (Å²) >= 11 is 0. The number of ether oxygens (including phenoxy) is 2. The highest BCUT2D eigenvalue weighted by atomic mass is 32.2. The molecule has 6 nitrogen and oxygen atoms in total. The Morgan fingerprint density at radius 3 is 2.32 bits per heavy atom. The van der Waals surface area contributed by atoms with Crippen molar-refractivity contribution in [3.63, 3.8) is 0 Å². The van der Waals surface area contributed by atoms with Crippen LogP contribution in [0.5, 0.6) is 11.5 Å². The number of esters is 1. The van der Waals surface area contributed by atoms with E-state index in [1.807, 2.05) is 19.1 Å². The second-order valence-corrected chi connectivity index (χ2v) is 8.27. The van der Waals surface area contributed by atoms with Gasteiger partial charge in [0, 0.05) is 18.0 Å². The van der Waals surface area contributed by atoms with Crippen molar-refractivity contribution < 1.29 is 22.7 Å². The summed E-state index contributed by atoms with van der Waals surface area (Å²) in [5.41, 5.74) is 2.72. The Morgan fingerprint density at radius 1 is 1.00 bits per heavy atom. The van der Waals surface area contributed by atoms with Gasteiger partial charge in [0.2, 0.25) is 0 Å². The van der Waals surface area contributed by atoms with E-state index in [2.05, 4.69) is 4.98 Å². The largest absolute Gasteiger partial charge is 0.465 e. The fourth-order valence-electron chi connectivity index (χ4n) is 2.71. The first-order valence-corrected chi connectivity index (χ1v) is 10.3. The maximum absolute atomic E-state index is 12.1. The van der Waals surface area contributed by atoms with Crippen molar-refractivity contribution in [3.05, 3.63) is 71.9 Å². The van der Waals surface area contributed by atoms with Crippen molar-refractivity contribution >= 4 is 15.8 Å². The Labute approximate surface area is 163 Å². The van der Waals surface area contributed by atoms with Crippen LogP contribution < -0.4 is 4.74 Å². The highest BCUT2D eigenvalue weighted by Crippen LogP contribution is 2.30. The molecule has 0 saturated carbocycles. The van der Waals surface area contributed by atoms with E-state index < -0.39 is 15.8 Å². The molecule has 0 aliphatic rings. The number of benzene rings is 2. The van der Waals surface area contributed by atoms with Crippen LogP contribution in [0.3, 0.4) is 0 Å². The Balaban J connectivity index is 2.01. The normalized spacial score (nSPS) is 11.1. The molecule has 0 amide bonds. The molecule has 0 atom stereocenters. The first kappa shape index (κ1) is 19.6. The average molecular weight is 397 g/mol. The first-order valence-electron chi connectivity index (χ1n) is 8.41. The Morgan fingerprint density at radius 2 is 1.71 bits per heavy atom. The number of hydrogen-bond acceptors (Lipinski definition) is 6. The van der Waals surface area contributed by atoms with Crippen LogP contribution in [-0.2, 0) is 14.6 Å². The smallest absolute Gasteiger partial charge is 0.338 e. The Kier molecular flexibility index (Phi) is 5.46. The molecule has 3 rings (SSSR count). The van der Waals surface area contributed by atoms with Gasteiger partial charge in [0.15, 0.2) is 9.84 Å². The van der Waals surface area contributed by atoms with Crippen LogP contribution in [-0.4, -0.2) is 32.7 Å². The monoisotopic (exact) mass is 397 g/mol. The fraction of sp³-hybridized carbons (Fsp3) is 0.143. The molecule has 1 heterocycles. The van der Waals surface area contributed by atoms with Gasteiger partial charge in [-0.3, -0.25) is 4.98 Å². The van der Waals surface area contributed by atoms with Crippen LogP contribution in [0.1, 0.15) is 15.9 Å². The predicted molar refractivity (Wildman–Crippen MR) is 105 cm³/mol. The third-order valence-corrected chi connectivity index (χ3v) is 5.23. The minimum atomic E-state index is -3.29. The van der Waals surface area contributed by atoms with E-state index in [1.165, 1.54) is 19.2 Å². The van der Waals surface area contributed by atoms with E-state index in [4.69, 9.17) is 9.47 Å². The number of carbonyl (C=O) groups excluding carboxylic acids is 1. The van der Waals surface area contributed by atoms with Gasteiger partial charge in [0.05, 0.1) is 23.3 Å². The third-order valence-electron chi connectivity index (χ3n) is 4.10. The van der Waals surface area contributed by atoms with Gasteiger partial charge in [0.25, 0.3) is 0 Å². The van der Waals surface area contributed by atoms with Crippen molar-refractivity contribution in [2.45, 2.75) is 11.8 Å².